The minimum absolute atomic E-state index is 0.630. The Bertz CT molecular complexity index is 373. The maximum Gasteiger partial charge on any atom is 0.323 e. The predicted octanol–water partition coefficient (Wildman–Crippen LogP) is 2.61. The number of nitrogens with one attached hydrogen (secondary N) is 1. The van der Waals surface area contributed by atoms with Gasteiger partial charge >= 0.3 is 5.97 Å². The molecule has 1 saturated carbocycles. The van der Waals surface area contributed by atoms with Crippen LogP contribution >= 0.6 is 27.3 Å². The topological polar surface area (TPSA) is 49.3 Å². The highest BCUT2D eigenvalue weighted by molar-refractivity contribution is 9.10. The van der Waals surface area contributed by atoms with Gasteiger partial charge in [0.2, 0.25) is 0 Å². The van der Waals surface area contributed by atoms with Gasteiger partial charge in [-0.05, 0) is 46.6 Å². The van der Waals surface area contributed by atoms with Gasteiger partial charge in [-0.1, -0.05) is 0 Å². The van der Waals surface area contributed by atoms with Gasteiger partial charge in [-0.15, -0.1) is 11.3 Å². The van der Waals surface area contributed by atoms with Crippen LogP contribution in [-0.4, -0.2) is 16.6 Å². The average molecular weight is 290 g/mol. The summed E-state index contributed by atoms with van der Waals surface area (Å²) in [5.41, 5.74) is -0.663. The second-order valence-corrected chi connectivity index (χ2v) is 5.64. The highest BCUT2D eigenvalue weighted by Gasteiger charge is 2.43. The molecule has 3 nitrogen and oxygen atoms in total. The average Bonchev–Trinajstić information content (AvgIpc) is 2.49. The van der Waals surface area contributed by atoms with Crippen molar-refractivity contribution in [3.8, 4) is 0 Å². The van der Waals surface area contributed by atoms with Crippen LogP contribution in [-0.2, 0) is 11.3 Å². The van der Waals surface area contributed by atoms with Crippen molar-refractivity contribution in [1.82, 2.24) is 5.32 Å². The fraction of sp³-hybridized carbons (Fsp3) is 0.500. The van der Waals surface area contributed by atoms with Gasteiger partial charge in [0.1, 0.15) is 5.54 Å². The molecule has 0 bridgehead atoms. The molecule has 1 heterocycles. The molecule has 82 valence electrons. The van der Waals surface area contributed by atoms with Crippen LogP contribution in [0.5, 0.6) is 0 Å². The van der Waals surface area contributed by atoms with Gasteiger partial charge in [0.25, 0.3) is 0 Å². The lowest BCUT2D eigenvalue weighted by atomic mass is 9.77. The molecule has 2 rings (SSSR count). The number of hydrogen-bond donors (Lipinski definition) is 2. The highest BCUT2D eigenvalue weighted by atomic mass is 79.9. The fourth-order valence-corrected chi connectivity index (χ4v) is 3.13. The zero-order valence-electron chi connectivity index (χ0n) is 8.12. The van der Waals surface area contributed by atoms with Crippen LogP contribution in [0.15, 0.2) is 15.9 Å². The summed E-state index contributed by atoms with van der Waals surface area (Å²) in [5.74, 6) is -0.721. The van der Waals surface area contributed by atoms with Crippen molar-refractivity contribution in [3.63, 3.8) is 0 Å². The molecule has 0 saturated heterocycles. The van der Waals surface area contributed by atoms with Crippen molar-refractivity contribution >= 4 is 33.2 Å². The van der Waals surface area contributed by atoms with Crippen LogP contribution in [0.4, 0.5) is 0 Å². The SMILES string of the molecule is O=C(O)C1(NCc2sccc2Br)CCC1. The van der Waals surface area contributed by atoms with Crippen molar-refractivity contribution < 1.29 is 9.90 Å². The number of carbonyl (C=O) groups is 1. The number of carboxylic acid groups (broad SMARTS) is 1. The Morgan fingerprint density at radius 1 is 1.67 bits per heavy atom. The Kier molecular flexibility index (Phi) is 3.13. The molecule has 1 aliphatic carbocycles. The number of rotatable bonds is 4. The first-order chi connectivity index (χ1) is 7.14. The molecule has 1 fully saturated rings. The summed E-state index contributed by atoms with van der Waals surface area (Å²) >= 11 is 5.07. The summed E-state index contributed by atoms with van der Waals surface area (Å²) in [5, 5.41) is 14.3. The van der Waals surface area contributed by atoms with E-state index in [4.69, 9.17) is 5.11 Å². The minimum Gasteiger partial charge on any atom is -0.480 e. The number of aliphatic carboxylic acids is 1. The van der Waals surface area contributed by atoms with E-state index in [1.807, 2.05) is 11.4 Å². The van der Waals surface area contributed by atoms with Crippen LogP contribution in [0.2, 0.25) is 0 Å². The summed E-state index contributed by atoms with van der Waals surface area (Å²) in [6.45, 7) is 0.630. The number of thiophene rings is 1. The number of halogens is 1. The molecule has 15 heavy (non-hydrogen) atoms. The van der Waals surface area contributed by atoms with Crippen LogP contribution in [0.3, 0.4) is 0 Å². The third-order valence-electron chi connectivity index (χ3n) is 2.89. The first-order valence-electron chi connectivity index (χ1n) is 4.84. The van der Waals surface area contributed by atoms with E-state index in [0.29, 0.717) is 6.54 Å². The normalized spacial score (nSPS) is 18.5. The molecule has 0 atom stereocenters. The van der Waals surface area contributed by atoms with E-state index in [2.05, 4.69) is 21.2 Å². The number of carboxylic acids is 1. The molecule has 0 spiro atoms. The van der Waals surface area contributed by atoms with E-state index >= 15 is 0 Å². The lowest BCUT2D eigenvalue weighted by molar-refractivity contribution is -0.148. The molecule has 0 unspecified atom stereocenters. The third-order valence-corrected chi connectivity index (χ3v) is 4.82. The Balaban J connectivity index is 1.98. The van der Waals surface area contributed by atoms with Crippen molar-refractivity contribution in [2.75, 3.05) is 0 Å². The molecule has 5 heteroatoms. The first kappa shape index (κ1) is 11.1. The fourth-order valence-electron chi connectivity index (χ4n) is 1.70. The van der Waals surface area contributed by atoms with Gasteiger partial charge in [-0.25, -0.2) is 0 Å². The Labute approximate surface area is 101 Å². The second kappa shape index (κ2) is 4.23. The smallest absolute Gasteiger partial charge is 0.323 e. The molecule has 0 amide bonds. The van der Waals surface area contributed by atoms with E-state index in [1.165, 1.54) is 0 Å². The summed E-state index contributed by atoms with van der Waals surface area (Å²) in [7, 11) is 0. The van der Waals surface area contributed by atoms with E-state index in [1.54, 1.807) is 11.3 Å². The Hall–Kier alpha value is -0.390. The van der Waals surface area contributed by atoms with Crippen LogP contribution < -0.4 is 5.32 Å². The molecule has 0 aliphatic heterocycles. The van der Waals surface area contributed by atoms with E-state index in [9.17, 15) is 4.79 Å². The molecule has 1 aromatic heterocycles. The van der Waals surface area contributed by atoms with Crippen LogP contribution in [0, 0.1) is 0 Å². The van der Waals surface area contributed by atoms with Crippen molar-refractivity contribution in [1.29, 1.82) is 0 Å². The second-order valence-electron chi connectivity index (χ2n) is 3.79. The Morgan fingerprint density at radius 2 is 2.40 bits per heavy atom. The summed E-state index contributed by atoms with van der Waals surface area (Å²) in [4.78, 5) is 12.2. The first-order valence-corrected chi connectivity index (χ1v) is 6.52. The van der Waals surface area contributed by atoms with Gasteiger partial charge in [-0.3, -0.25) is 10.1 Å². The third kappa shape index (κ3) is 2.09. The molecule has 1 aromatic rings. The molecular formula is C10H12BrNO2S. The van der Waals surface area contributed by atoms with Crippen LogP contribution in [0.25, 0.3) is 0 Å². The largest absolute Gasteiger partial charge is 0.480 e. The lowest BCUT2D eigenvalue weighted by Gasteiger charge is -2.38. The molecule has 1 aliphatic rings. The molecule has 0 radical (unpaired) electrons. The molecule has 2 N–H and O–H groups in total. The predicted molar refractivity (Wildman–Crippen MR) is 63.1 cm³/mol. The van der Waals surface area contributed by atoms with E-state index in [0.717, 1.165) is 28.6 Å². The standard InChI is InChI=1S/C10H12BrNO2S/c11-7-2-5-15-8(7)6-12-10(9(13)14)3-1-4-10/h2,5,12H,1,3-4,6H2,(H,13,14). The van der Waals surface area contributed by atoms with Gasteiger partial charge in [0.05, 0.1) is 0 Å². The summed E-state index contributed by atoms with van der Waals surface area (Å²) < 4.78 is 1.06. The van der Waals surface area contributed by atoms with Crippen LogP contribution in [0.1, 0.15) is 24.1 Å². The summed E-state index contributed by atoms with van der Waals surface area (Å²) in [6.07, 6.45) is 2.49. The van der Waals surface area contributed by atoms with Gasteiger partial charge in [0, 0.05) is 15.9 Å². The number of hydrogen-bond acceptors (Lipinski definition) is 3. The van der Waals surface area contributed by atoms with E-state index < -0.39 is 11.5 Å². The lowest BCUT2D eigenvalue weighted by Crippen LogP contribution is -2.56. The molecule has 0 aromatic carbocycles. The van der Waals surface area contributed by atoms with Crippen molar-refractivity contribution in [3.05, 3.63) is 20.8 Å². The maximum atomic E-state index is 11.1. The monoisotopic (exact) mass is 289 g/mol. The maximum absolute atomic E-state index is 11.1. The zero-order valence-corrected chi connectivity index (χ0v) is 10.5. The van der Waals surface area contributed by atoms with Gasteiger partial charge in [0.15, 0.2) is 0 Å². The highest BCUT2D eigenvalue weighted by Crippen LogP contribution is 2.33. The quantitative estimate of drug-likeness (QED) is 0.896. The van der Waals surface area contributed by atoms with Crippen molar-refractivity contribution in [2.45, 2.75) is 31.3 Å². The summed E-state index contributed by atoms with van der Waals surface area (Å²) in [6, 6.07) is 1.98. The van der Waals surface area contributed by atoms with E-state index in [-0.39, 0.29) is 0 Å². The van der Waals surface area contributed by atoms with Crippen molar-refractivity contribution in [2.24, 2.45) is 0 Å². The van der Waals surface area contributed by atoms with Gasteiger partial charge < -0.3 is 5.11 Å². The minimum atomic E-state index is -0.721. The zero-order chi connectivity index (χ0) is 10.9. The molecular weight excluding hydrogens is 278 g/mol. The Morgan fingerprint density at radius 3 is 2.80 bits per heavy atom. The van der Waals surface area contributed by atoms with Gasteiger partial charge in [-0.2, -0.15) is 0 Å².